The molecule has 0 bridgehead atoms. The maximum atomic E-state index is 11.9. The van der Waals surface area contributed by atoms with Gasteiger partial charge in [-0.1, -0.05) is 0 Å². The number of amides is 1. The summed E-state index contributed by atoms with van der Waals surface area (Å²) >= 11 is 0. The van der Waals surface area contributed by atoms with E-state index in [1.54, 1.807) is 0 Å². The van der Waals surface area contributed by atoms with Crippen molar-refractivity contribution in [3.63, 3.8) is 0 Å². The Labute approximate surface area is 99.8 Å². The predicted octanol–water partition coefficient (Wildman–Crippen LogP) is 0.0585. The summed E-state index contributed by atoms with van der Waals surface area (Å²) in [6.45, 7) is 0. The van der Waals surface area contributed by atoms with E-state index in [9.17, 15) is 4.79 Å². The molecule has 2 rings (SSSR count). The molecule has 1 heterocycles. The number of nitrogens with zero attached hydrogens (tertiary/aromatic N) is 2. The van der Waals surface area contributed by atoms with Crippen molar-refractivity contribution in [2.24, 2.45) is 5.73 Å². The topological polar surface area (TPSA) is 107 Å². The fourth-order valence-electron chi connectivity index (χ4n) is 2.04. The van der Waals surface area contributed by atoms with E-state index in [2.05, 4.69) is 15.3 Å². The first-order valence-electron chi connectivity index (χ1n) is 5.78. The largest absolute Gasteiger partial charge is 0.383 e. The third kappa shape index (κ3) is 2.91. The van der Waals surface area contributed by atoms with Crippen molar-refractivity contribution < 1.29 is 4.79 Å². The molecule has 0 aliphatic heterocycles. The van der Waals surface area contributed by atoms with Gasteiger partial charge in [0.05, 0.1) is 5.56 Å². The summed E-state index contributed by atoms with van der Waals surface area (Å²) < 4.78 is 0. The summed E-state index contributed by atoms with van der Waals surface area (Å²) in [5.74, 6) is 0.00795. The van der Waals surface area contributed by atoms with Gasteiger partial charge in [-0.05, 0) is 25.7 Å². The van der Waals surface area contributed by atoms with Gasteiger partial charge in [0.1, 0.15) is 12.1 Å². The number of nitrogen functional groups attached to an aromatic ring is 1. The maximum absolute atomic E-state index is 11.9. The Balaban J connectivity index is 1.96. The second-order valence-electron chi connectivity index (χ2n) is 4.41. The van der Waals surface area contributed by atoms with Crippen LogP contribution in [0, 0.1) is 0 Å². The summed E-state index contributed by atoms with van der Waals surface area (Å²) in [6.07, 6.45) is 6.50. The lowest BCUT2D eigenvalue weighted by atomic mass is 9.92. The van der Waals surface area contributed by atoms with Gasteiger partial charge in [-0.25, -0.2) is 9.97 Å². The van der Waals surface area contributed by atoms with Gasteiger partial charge in [0.25, 0.3) is 5.91 Å². The number of hydrogen-bond donors (Lipinski definition) is 3. The highest BCUT2D eigenvalue weighted by Crippen LogP contribution is 2.17. The Bertz CT molecular complexity index is 401. The molecule has 0 spiro atoms. The molecule has 0 aromatic carbocycles. The molecule has 0 atom stereocenters. The minimum absolute atomic E-state index is 0.182. The highest BCUT2D eigenvalue weighted by atomic mass is 16.1. The zero-order valence-corrected chi connectivity index (χ0v) is 9.60. The molecule has 0 unspecified atom stereocenters. The number of rotatable bonds is 2. The average Bonchev–Trinajstić information content (AvgIpc) is 2.32. The zero-order valence-electron chi connectivity index (χ0n) is 9.60. The predicted molar refractivity (Wildman–Crippen MR) is 64.1 cm³/mol. The SMILES string of the molecule is Nc1ncncc1C(=O)NC1CCC(N)CC1. The molecule has 1 aromatic rings. The first-order valence-corrected chi connectivity index (χ1v) is 5.78. The molecule has 1 aliphatic rings. The van der Waals surface area contributed by atoms with Gasteiger partial charge in [-0.2, -0.15) is 0 Å². The lowest BCUT2D eigenvalue weighted by molar-refractivity contribution is 0.0926. The van der Waals surface area contributed by atoms with Crippen molar-refractivity contribution in [1.82, 2.24) is 15.3 Å². The smallest absolute Gasteiger partial charge is 0.256 e. The third-order valence-electron chi connectivity index (χ3n) is 3.09. The van der Waals surface area contributed by atoms with Crippen molar-refractivity contribution in [1.29, 1.82) is 0 Å². The zero-order chi connectivity index (χ0) is 12.3. The Morgan fingerprint density at radius 2 is 2.06 bits per heavy atom. The quantitative estimate of drug-likeness (QED) is 0.672. The summed E-state index contributed by atoms with van der Waals surface area (Å²) in [4.78, 5) is 19.5. The van der Waals surface area contributed by atoms with E-state index in [1.165, 1.54) is 12.5 Å². The van der Waals surface area contributed by atoms with Crippen LogP contribution >= 0.6 is 0 Å². The van der Waals surface area contributed by atoms with Crippen LogP contribution in [0.1, 0.15) is 36.0 Å². The number of nitrogens with two attached hydrogens (primary N) is 2. The molecule has 1 amide bonds. The number of aromatic nitrogens is 2. The van der Waals surface area contributed by atoms with Crippen LogP contribution in [-0.4, -0.2) is 28.0 Å². The highest BCUT2D eigenvalue weighted by molar-refractivity contribution is 5.98. The van der Waals surface area contributed by atoms with Crippen LogP contribution in [0.4, 0.5) is 5.82 Å². The van der Waals surface area contributed by atoms with Crippen LogP contribution in [0.25, 0.3) is 0 Å². The standard InChI is InChI=1S/C11H17N5O/c12-7-1-3-8(4-2-7)16-11(17)9-5-14-6-15-10(9)13/h5-8H,1-4,12H2,(H,16,17)(H2,13,14,15). The molecule has 6 nitrogen and oxygen atoms in total. The molecule has 1 saturated carbocycles. The van der Waals surface area contributed by atoms with E-state index in [-0.39, 0.29) is 23.8 Å². The van der Waals surface area contributed by atoms with Gasteiger partial charge in [-0.15, -0.1) is 0 Å². The number of hydrogen-bond acceptors (Lipinski definition) is 5. The van der Waals surface area contributed by atoms with E-state index >= 15 is 0 Å². The average molecular weight is 235 g/mol. The molecule has 17 heavy (non-hydrogen) atoms. The summed E-state index contributed by atoms with van der Waals surface area (Å²) in [5, 5.41) is 2.94. The van der Waals surface area contributed by atoms with E-state index in [0.717, 1.165) is 25.7 Å². The molecule has 0 saturated heterocycles. The number of carbonyl (C=O) groups excluding carboxylic acids is 1. The van der Waals surface area contributed by atoms with Gasteiger partial charge in [-0.3, -0.25) is 4.79 Å². The van der Waals surface area contributed by atoms with E-state index < -0.39 is 0 Å². The molecule has 1 aromatic heterocycles. The lowest BCUT2D eigenvalue weighted by Crippen LogP contribution is -2.40. The monoisotopic (exact) mass is 235 g/mol. The molecule has 5 N–H and O–H groups in total. The molecule has 1 aliphatic carbocycles. The van der Waals surface area contributed by atoms with Gasteiger partial charge < -0.3 is 16.8 Å². The molecular formula is C11H17N5O. The molecule has 0 radical (unpaired) electrons. The Morgan fingerprint density at radius 3 is 2.71 bits per heavy atom. The third-order valence-corrected chi connectivity index (χ3v) is 3.09. The van der Waals surface area contributed by atoms with Gasteiger partial charge >= 0.3 is 0 Å². The van der Waals surface area contributed by atoms with Gasteiger partial charge in [0, 0.05) is 18.3 Å². The van der Waals surface area contributed by atoms with E-state index in [4.69, 9.17) is 11.5 Å². The van der Waals surface area contributed by atoms with Crippen LogP contribution < -0.4 is 16.8 Å². The molecule has 92 valence electrons. The molecule has 6 heteroatoms. The van der Waals surface area contributed by atoms with Gasteiger partial charge in [0.15, 0.2) is 0 Å². The lowest BCUT2D eigenvalue weighted by Gasteiger charge is -2.26. The van der Waals surface area contributed by atoms with Crippen LogP contribution in [0.2, 0.25) is 0 Å². The van der Waals surface area contributed by atoms with Crippen LogP contribution in [-0.2, 0) is 0 Å². The number of anilines is 1. The first-order chi connectivity index (χ1) is 8.16. The van der Waals surface area contributed by atoms with Crippen molar-refractivity contribution in [3.05, 3.63) is 18.1 Å². The van der Waals surface area contributed by atoms with Crippen LogP contribution in [0.3, 0.4) is 0 Å². The maximum Gasteiger partial charge on any atom is 0.256 e. The normalized spacial score (nSPS) is 24.3. The summed E-state index contributed by atoms with van der Waals surface area (Å²) in [7, 11) is 0. The second-order valence-corrected chi connectivity index (χ2v) is 4.41. The summed E-state index contributed by atoms with van der Waals surface area (Å²) in [5.41, 5.74) is 11.8. The highest BCUT2D eigenvalue weighted by Gasteiger charge is 2.21. The first kappa shape index (κ1) is 11.8. The fourth-order valence-corrected chi connectivity index (χ4v) is 2.04. The van der Waals surface area contributed by atoms with Crippen molar-refractivity contribution in [2.75, 3.05) is 5.73 Å². The second kappa shape index (κ2) is 5.09. The van der Waals surface area contributed by atoms with Crippen LogP contribution in [0.15, 0.2) is 12.5 Å². The van der Waals surface area contributed by atoms with Gasteiger partial charge in [0.2, 0.25) is 0 Å². The molecule has 1 fully saturated rings. The van der Waals surface area contributed by atoms with E-state index in [1.807, 2.05) is 0 Å². The van der Waals surface area contributed by atoms with Crippen LogP contribution in [0.5, 0.6) is 0 Å². The Hall–Kier alpha value is -1.69. The number of carbonyl (C=O) groups is 1. The minimum atomic E-state index is -0.205. The van der Waals surface area contributed by atoms with Crippen molar-refractivity contribution >= 4 is 11.7 Å². The fraction of sp³-hybridized carbons (Fsp3) is 0.545. The Morgan fingerprint density at radius 1 is 1.35 bits per heavy atom. The Kier molecular flexibility index (Phi) is 3.53. The van der Waals surface area contributed by atoms with E-state index in [0.29, 0.717) is 5.56 Å². The molecular weight excluding hydrogens is 218 g/mol. The summed E-state index contributed by atoms with van der Waals surface area (Å²) in [6, 6.07) is 0.454. The van der Waals surface area contributed by atoms with Crippen molar-refractivity contribution in [2.45, 2.75) is 37.8 Å². The number of nitrogens with one attached hydrogen (secondary N) is 1. The minimum Gasteiger partial charge on any atom is -0.383 e. The van der Waals surface area contributed by atoms with Crippen molar-refractivity contribution in [3.8, 4) is 0 Å².